The van der Waals surface area contributed by atoms with Crippen LogP contribution in [0.15, 0.2) is 15.8 Å². The second kappa shape index (κ2) is 2.98. The number of rotatable bonds is 0. The summed E-state index contributed by atoms with van der Waals surface area (Å²) in [6, 6.07) is 0. The van der Waals surface area contributed by atoms with Crippen LogP contribution in [-0.2, 0) is 5.48 Å². The highest BCUT2D eigenvalue weighted by Gasteiger charge is 1.88. The highest BCUT2D eigenvalue weighted by Crippen LogP contribution is 1.73. The quantitative estimate of drug-likeness (QED) is 0.498. The molecule has 2 radical (unpaired) electrons. The first-order valence-electron chi connectivity index (χ1n) is 2.49. The average Bonchev–Trinajstić information content (AvgIpc) is 1.80. The zero-order valence-corrected chi connectivity index (χ0v) is 5.30. The van der Waals surface area contributed by atoms with Gasteiger partial charge in [0.2, 0.25) is 0 Å². The molecule has 5 nitrogen and oxygen atoms in total. The Kier molecular flexibility index (Phi) is 2.57. The summed E-state index contributed by atoms with van der Waals surface area (Å²) < 4.78 is 0. The Morgan fingerprint density at radius 1 is 1.40 bits per heavy atom. The van der Waals surface area contributed by atoms with Gasteiger partial charge in [0.05, 0.1) is 0 Å². The molecule has 1 aromatic heterocycles. The fourth-order valence-electron chi connectivity index (χ4n) is 0.477. The molecule has 0 aliphatic heterocycles. The molecule has 5 heteroatoms. The smallest absolute Gasteiger partial charge is 0.314 e. The van der Waals surface area contributed by atoms with E-state index in [9.17, 15) is 9.59 Å². The van der Waals surface area contributed by atoms with Gasteiger partial charge in [0.1, 0.15) is 0 Å². The fraction of sp³-hybridized carbons (Fsp3) is 0.200. The number of nitrogens with one attached hydrogen (secondary N) is 2. The second-order valence-corrected chi connectivity index (χ2v) is 1.75. The molecule has 54 valence electrons. The first kappa shape index (κ1) is 8.64. The van der Waals surface area contributed by atoms with E-state index < -0.39 is 5.69 Å². The second-order valence-electron chi connectivity index (χ2n) is 1.75. The first-order valence-corrected chi connectivity index (χ1v) is 2.49. The van der Waals surface area contributed by atoms with Gasteiger partial charge in [0.15, 0.2) is 0 Å². The van der Waals surface area contributed by atoms with Gasteiger partial charge in [-0.25, -0.2) is 4.79 Å². The summed E-state index contributed by atoms with van der Waals surface area (Å²) in [5.74, 6) is 0. The molecule has 0 fully saturated rings. The Hall–Kier alpha value is -1.36. The third kappa shape index (κ3) is 1.56. The summed E-state index contributed by atoms with van der Waals surface area (Å²) in [6.45, 7) is 1.62. The fourth-order valence-corrected chi connectivity index (χ4v) is 0.477. The van der Waals surface area contributed by atoms with E-state index in [1.54, 1.807) is 6.92 Å². The Bertz CT molecular complexity index is 311. The molecule has 0 amide bonds. The molecule has 0 saturated carbocycles. The standard InChI is InChI=1S/C5H6N2O2.O/c1-3-2-6-5(9)7-4(3)8;/h2H,1H3,(H2,6,7,8,9);. The molecule has 10 heavy (non-hydrogen) atoms. The summed E-state index contributed by atoms with van der Waals surface area (Å²) in [5.41, 5.74) is -0.293. The molecule has 0 aliphatic carbocycles. The molecule has 2 N–H and O–H groups in total. The minimum absolute atomic E-state index is 0. The molecule has 0 aromatic carbocycles. The predicted octanol–water partition coefficient (Wildman–Crippen LogP) is -0.747. The number of hydrogen-bond donors (Lipinski definition) is 2. The van der Waals surface area contributed by atoms with Crippen LogP contribution in [0.1, 0.15) is 5.56 Å². The number of aromatic nitrogens is 2. The Labute approximate surface area is 56.0 Å². The molecular formula is C5H6N2O3. The van der Waals surface area contributed by atoms with Crippen molar-refractivity contribution in [2.75, 3.05) is 0 Å². The Morgan fingerprint density at radius 2 is 2.00 bits per heavy atom. The van der Waals surface area contributed by atoms with Crippen molar-refractivity contribution in [1.29, 1.82) is 0 Å². The van der Waals surface area contributed by atoms with E-state index in [2.05, 4.69) is 9.97 Å². The third-order valence-corrected chi connectivity index (χ3v) is 1.00. The van der Waals surface area contributed by atoms with Gasteiger partial charge in [0.25, 0.3) is 5.56 Å². The number of aromatic amines is 2. The van der Waals surface area contributed by atoms with Gasteiger partial charge in [-0.15, -0.1) is 0 Å². The van der Waals surface area contributed by atoms with E-state index in [0.717, 1.165) is 0 Å². The SMILES string of the molecule is Cc1c[nH]c(=O)[nH]c1=O.[O]. The van der Waals surface area contributed by atoms with Gasteiger partial charge >= 0.3 is 5.69 Å². The Balaban J connectivity index is 0.000000810. The van der Waals surface area contributed by atoms with Crippen LogP contribution in [0.4, 0.5) is 0 Å². The van der Waals surface area contributed by atoms with Gasteiger partial charge in [0, 0.05) is 17.2 Å². The lowest BCUT2D eigenvalue weighted by atomic mass is 10.4. The largest absolute Gasteiger partial charge is 0.325 e. The van der Waals surface area contributed by atoms with Gasteiger partial charge in [-0.05, 0) is 6.92 Å². The predicted molar refractivity (Wildman–Crippen MR) is 33.1 cm³/mol. The summed E-state index contributed by atoms with van der Waals surface area (Å²) in [5, 5.41) is 0. The zero-order valence-electron chi connectivity index (χ0n) is 5.30. The van der Waals surface area contributed by atoms with Gasteiger partial charge in [-0.3, -0.25) is 9.78 Å². The van der Waals surface area contributed by atoms with Crippen LogP contribution in [0.3, 0.4) is 0 Å². The molecular weight excluding hydrogens is 136 g/mol. The first-order chi connectivity index (χ1) is 4.20. The van der Waals surface area contributed by atoms with E-state index in [-0.39, 0.29) is 11.0 Å². The van der Waals surface area contributed by atoms with Crippen molar-refractivity contribution < 1.29 is 5.48 Å². The van der Waals surface area contributed by atoms with E-state index in [1.807, 2.05) is 0 Å². The normalized spacial score (nSPS) is 8.50. The van der Waals surface area contributed by atoms with Crippen molar-refractivity contribution >= 4 is 0 Å². The topological polar surface area (TPSA) is 94.2 Å². The van der Waals surface area contributed by atoms with E-state index >= 15 is 0 Å². The molecule has 1 aromatic rings. The van der Waals surface area contributed by atoms with E-state index in [0.29, 0.717) is 5.56 Å². The van der Waals surface area contributed by atoms with Crippen LogP contribution in [-0.4, -0.2) is 9.97 Å². The van der Waals surface area contributed by atoms with Crippen molar-refractivity contribution in [3.05, 3.63) is 32.6 Å². The minimum Gasteiger partial charge on any atom is -0.314 e. The van der Waals surface area contributed by atoms with Gasteiger partial charge in [-0.1, -0.05) is 0 Å². The van der Waals surface area contributed by atoms with Crippen molar-refractivity contribution in [3.63, 3.8) is 0 Å². The van der Waals surface area contributed by atoms with Crippen molar-refractivity contribution in [3.8, 4) is 0 Å². The summed E-state index contributed by atoms with van der Waals surface area (Å²) in [6.07, 6.45) is 1.38. The summed E-state index contributed by atoms with van der Waals surface area (Å²) >= 11 is 0. The lowest BCUT2D eigenvalue weighted by Crippen LogP contribution is -2.22. The van der Waals surface area contributed by atoms with Crippen molar-refractivity contribution in [2.45, 2.75) is 6.92 Å². The molecule has 0 aliphatic rings. The maximum Gasteiger partial charge on any atom is 0.325 e. The number of H-pyrrole nitrogens is 2. The number of aryl methyl sites for hydroxylation is 1. The van der Waals surface area contributed by atoms with Crippen molar-refractivity contribution in [2.24, 2.45) is 0 Å². The van der Waals surface area contributed by atoms with E-state index in [4.69, 9.17) is 0 Å². The molecule has 1 rings (SSSR count). The summed E-state index contributed by atoms with van der Waals surface area (Å²) in [7, 11) is 0. The van der Waals surface area contributed by atoms with Gasteiger partial charge < -0.3 is 4.98 Å². The van der Waals surface area contributed by atoms with Crippen molar-refractivity contribution in [1.82, 2.24) is 9.97 Å². The molecule has 0 bridgehead atoms. The maximum atomic E-state index is 10.6. The Morgan fingerprint density at radius 3 is 2.40 bits per heavy atom. The van der Waals surface area contributed by atoms with Crippen LogP contribution in [0.5, 0.6) is 0 Å². The minimum atomic E-state index is -0.467. The van der Waals surface area contributed by atoms with Crippen LogP contribution in [0, 0.1) is 6.92 Å². The van der Waals surface area contributed by atoms with E-state index in [1.165, 1.54) is 6.20 Å². The molecule has 0 unspecified atom stereocenters. The lowest BCUT2D eigenvalue weighted by Gasteiger charge is -1.84. The molecule has 0 atom stereocenters. The monoisotopic (exact) mass is 142 g/mol. The zero-order chi connectivity index (χ0) is 6.85. The highest BCUT2D eigenvalue weighted by molar-refractivity contribution is 4.98. The van der Waals surface area contributed by atoms with Crippen LogP contribution in [0.2, 0.25) is 0 Å². The maximum absolute atomic E-state index is 10.6. The number of hydrogen-bond acceptors (Lipinski definition) is 2. The lowest BCUT2D eigenvalue weighted by molar-refractivity contribution is 0.686. The third-order valence-electron chi connectivity index (χ3n) is 1.00. The molecule has 0 spiro atoms. The molecule has 0 saturated heterocycles. The highest BCUT2D eigenvalue weighted by atomic mass is 16.2. The van der Waals surface area contributed by atoms with Crippen LogP contribution in [0.25, 0.3) is 0 Å². The summed E-state index contributed by atoms with van der Waals surface area (Å²) in [4.78, 5) is 25.3. The molecule has 1 heterocycles. The van der Waals surface area contributed by atoms with Crippen LogP contribution >= 0.6 is 0 Å². The van der Waals surface area contributed by atoms with Crippen LogP contribution < -0.4 is 11.2 Å². The van der Waals surface area contributed by atoms with Gasteiger partial charge in [-0.2, -0.15) is 0 Å². The average molecular weight is 142 g/mol.